The maximum atomic E-state index is 12.2. The molecule has 1 aliphatic heterocycles. The summed E-state index contributed by atoms with van der Waals surface area (Å²) in [5, 5.41) is 2.78. The second-order valence-electron chi connectivity index (χ2n) is 6.56. The second kappa shape index (κ2) is 9.87. The van der Waals surface area contributed by atoms with Crippen LogP contribution < -0.4 is 24.6 Å². The van der Waals surface area contributed by atoms with E-state index in [0.29, 0.717) is 42.4 Å². The zero-order chi connectivity index (χ0) is 20.6. The fourth-order valence-corrected chi connectivity index (χ4v) is 2.69. The zero-order valence-electron chi connectivity index (χ0n) is 16.9. The van der Waals surface area contributed by atoms with Gasteiger partial charge in [0.2, 0.25) is 11.9 Å². The van der Waals surface area contributed by atoms with Crippen molar-refractivity contribution in [3.8, 4) is 11.5 Å². The number of carbonyl (C=O) groups excluding carboxylic acids is 1. The molecule has 1 aromatic heterocycles. The van der Waals surface area contributed by atoms with Crippen LogP contribution in [0.25, 0.3) is 0 Å². The molecular weight excluding hydrogens is 376 g/mol. The van der Waals surface area contributed by atoms with Gasteiger partial charge in [0.15, 0.2) is 23.9 Å². The lowest BCUT2D eigenvalue weighted by atomic mass is 10.3. The van der Waals surface area contributed by atoms with Crippen molar-refractivity contribution in [2.75, 3.05) is 63.9 Å². The average molecular weight is 402 g/mol. The van der Waals surface area contributed by atoms with Crippen LogP contribution in [0, 0.1) is 0 Å². The summed E-state index contributed by atoms with van der Waals surface area (Å²) in [7, 11) is 5.28. The molecule has 1 aromatic carbocycles. The van der Waals surface area contributed by atoms with Crippen LogP contribution in [-0.4, -0.2) is 75.0 Å². The fourth-order valence-electron chi connectivity index (χ4n) is 2.69. The van der Waals surface area contributed by atoms with Gasteiger partial charge in [-0.1, -0.05) is 12.1 Å². The molecule has 156 valence electrons. The van der Waals surface area contributed by atoms with E-state index in [1.807, 2.05) is 36.0 Å². The molecule has 1 aliphatic rings. The highest BCUT2D eigenvalue weighted by Crippen LogP contribution is 2.25. The zero-order valence-corrected chi connectivity index (χ0v) is 16.9. The van der Waals surface area contributed by atoms with E-state index in [0.717, 1.165) is 13.1 Å². The van der Waals surface area contributed by atoms with E-state index in [9.17, 15) is 4.79 Å². The third-order valence-corrected chi connectivity index (χ3v) is 4.22. The molecule has 0 atom stereocenters. The lowest BCUT2D eigenvalue weighted by molar-refractivity contribution is -0.123. The SMILES string of the molecule is COc1ccccc1OCC(=O)NCc1nc(N(C)C)nc(N2CCOCC2)n1. The van der Waals surface area contributed by atoms with E-state index in [1.165, 1.54) is 0 Å². The first kappa shape index (κ1) is 20.6. The highest BCUT2D eigenvalue weighted by atomic mass is 16.5. The molecule has 1 saturated heterocycles. The number of carbonyl (C=O) groups is 1. The number of rotatable bonds is 8. The summed E-state index contributed by atoms with van der Waals surface area (Å²) in [6.45, 7) is 2.74. The number of methoxy groups -OCH3 is 1. The van der Waals surface area contributed by atoms with E-state index in [2.05, 4.69) is 20.3 Å². The van der Waals surface area contributed by atoms with E-state index in [4.69, 9.17) is 14.2 Å². The minimum Gasteiger partial charge on any atom is -0.493 e. The number of nitrogens with zero attached hydrogens (tertiary/aromatic N) is 5. The number of ether oxygens (including phenoxy) is 3. The second-order valence-corrected chi connectivity index (χ2v) is 6.56. The monoisotopic (exact) mass is 402 g/mol. The summed E-state index contributed by atoms with van der Waals surface area (Å²) in [4.78, 5) is 29.5. The molecular formula is C19H26N6O4. The van der Waals surface area contributed by atoms with Crippen LogP contribution in [-0.2, 0) is 16.1 Å². The van der Waals surface area contributed by atoms with Crippen molar-refractivity contribution in [3.05, 3.63) is 30.1 Å². The van der Waals surface area contributed by atoms with E-state index >= 15 is 0 Å². The lowest BCUT2D eigenvalue weighted by Gasteiger charge is -2.27. The fraction of sp³-hybridized carbons (Fsp3) is 0.474. The third-order valence-electron chi connectivity index (χ3n) is 4.22. The van der Waals surface area contributed by atoms with Gasteiger partial charge in [-0.15, -0.1) is 0 Å². The van der Waals surface area contributed by atoms with Crippen LogP contribution in [0.5, 0.6) is 11.5 Å². The number of nitrogens with one attached hydrogen (secondary N) is 1. The van der Waals surface area contributed by atoms with Gasteiger partial charge in [0.1, 0.15) is 0 Å². The molecule has 0 aliphatic carbocycles. The highest BCUT2D eigenvalue weighted by molar-refractivity contribution is 5.77. The summed E-state index contributed by atoms with van der Waals surface area (Å²) in [5.74, 6) is 2.40. The molecule has 3 rings (SSSR count). The Morgan fingerprint density at radius 1 is 1.17 bits per heavy atom. The molecule has 1 amide bonds. The van der Waals surface area contributed by atoms with Gasteiger partial charge < -0.3 is 29.3 Å². The average Bonchev–Trinajstić information content (AvgIpc) is 2.76. The summed E-state index contributed by atoms with van der Waals surface area (Å²) in [5.41, 5.74) is 0. The smallest absolute Gasteiger partial charge is 0.258 e. The Balaban J connectivity index is 1.61. The molecule has 2 heterocycles. The van der Waals surface area contributed by atoms with Crippen molar-refractivity contribution < 1.29 is 19.0 Å². The molecule has 1 N–H and O–H groups in total. The van der Waals surface area contributed by atoms with Crippen molar-refractivity contribution in [1.29, 1.82) is 0 Å². The van der Waals surface area contributed by atoms with Crippen molar-refractivity contribution >= 4 is 17.8 Å². The maximum Gasteiger partial charge on any atom is 0.258 e. The van der Waals surface area contributed by atoms with E-state index in [-0.39, 0.29) is 19.1 Å². The van der Waals surface area contributed by atoms with Crippen LogP contribution in [0.2, 0.25) is 0 Å². The number of hydrogen-bond donors (Lipinski definition) is 1. The first-order chi connectivity index (χ1) is 14.1. The normalized spacial score (nSPS) is 13.7. The number of para-hydroxylation sites is 2. The van der Waals surface area contributed by atoms with Gasteiger partial charge in [-0.25, -0.2) is 0 Å². The topological polar surface area (TPSA) is 102 Å². The van der Waals surface area contributed by atoms with Crippen LogP contribution in [0.3, 0.4) is 0 Å². The van der Waals surface area contributed by atoms with Crippen molar-refractivity contribution in [2.45, 2.75) is 6.54 Å². The van der Waals surface area contributed by atoms with Crippen LogP contribution in [0.15, 0.2) is 24.3 Å². The van der Waals surface area contributed by atoms with Crippen LogP contribution in [0.1, 0.15) is 5.82 Å². The predicted octanol–water partition coefficient (Wildman–Crippen LogP) is 0.478. The molecule has 0 bridgehead atoms. The summed E-state index contributed by atoms with van der Waals surface area (Å²) in [6, 6.07) is 7.17. The van der Waals surface area contributed by atoms with Crippen molar-refractivity contribution in [3.63, 3.8) is 0 Å². The molecule has 0 radical (unpaired) electrons. The maximum absolute atomic E-state index is 12.2. The standard InChI is InChI=1S/C19H26N6O4/c1-24(2)18-21-16(22-19(23-18)25-8-10-28-11-9-25)12-20-17(26)13-29-15-7-5-4-6-14(15)27-3/h4-7H,8-13H2,1-3H3,(H,20,26). The lowest BCUT2D eigenvalue weighted by Crippen LogP contribution is -2.38. The van der Waals surface area contributed by atoms with Gasteiger partial charge in [-0.2, -0.15) is 15.0 Å². The third kappa shape index (κ3) is 5.67. The van der Waals surface area contributed by atoms with Gasteiger partial charge >= 0.3 is 0 Å². The quantitative estimate of drug-likeness (QED) is 0.675. The molecule has 10 heteroatoms. The molecule has 2 aromatic rings. The van der Waals surface area contributed by atoms with Gasteiger partial charge in [0.25, 0.3) is 5.91 Å². The minimum atomic E-state index is -0.282. The Morgan fingerprint density at radius 3 is 2.59 bits per heavy atom. The van der Waals surface area contributed by atoms with E-state index < -0.39 is 0 Å². The Morgan fingerprint density at radius 2 is 1.90 bits per heavy atom. The summed E-state index contributed by atoms with van der Waals surface area (Å²) in [6.07, 6.45) is 0. The van der Waals surface area contributed by atoms with Crippen LogP contribution in [0.4, 0.5) is 11.9 Å². The highest BCUT2D eigenvalue weighted by Gasteiger charge is 2.17. The molecule has 1 fully saturated rings. The summed E-state index contributed by atoms with van der Waals surface area (Å²) >= 11 is 0. The number of benzene rings is 1. The number of morpholine rings is 1. The number of aromatic nitrogens is 3. The van der Waals surface area contributed by atoms with Gasteiger partial charge in [0.05, 0.1) is 26.9 Å². The van der Waals surface area contributed by atoms with Gasteiger partial charge in [-0.05, 0) is 12.1 Å². The van der Waals surface area contributed by atoms with Gasteiger partial charge in [0, 0.05) is 27.2 Å². The molecule has 29 heavy (non-hydrogen) atoms. The summed E-state index contributed by atoms with van der Waals surface area (Å²) < 4.78 is 16.1. The number of hydrogen-bond acceptors (Lipinski definition) is 9. The molecule has 0 unspecified atom stereocenters. The molecule has 0 spiro atoms. The minimum absolute atomic E-state index is 0.137. The molecule has 0 saturated carbocycles. The Hall–Kier alpha value is -3.14. The van der Waals surface area contributed by atoms with Crippen LogP contribution >= 0.6 is 0 Å². The first-order valence-corrected chi connectivity index (χ1v) is 9.34. The predicted molar refractivity (Wildman–Crippen MR) is 108 cm³/mol. The Kier molecular flexibility index (Phi) is 7.01. The number of amides is 1. The number of anilines is 2. The Labute approximate surface area is 169 Å². The van der Waals surface area contributed by atoms with Crippen molar-refractivity contribution in [2.24, 2.45) is 0 Å². The first-order valence-electron chi connectivity index (χ1n) is 9.34. The molecule has 10 nitrogen and oxygen atoms in total. The van der Waals surface area contributed by atoms with E-state index in [1.54, 1.807) is 19.2 Å². The largest absolute Gasteiger partial charge is 0.493 e. The van der Waals surface area contributed by atoms with Crippen molar-refractivity contribution in [1.82, 2.24) is 20.3 Å². The Bertz CT molecular complexity index is 826. The van der Waals surface area contributed by atoms with Gasteiger partial charge in [-0.3, -0.25) is 4.79 Å².